The van der Waals surface area contributed by atoms with Gasteiger partial charge in [0.2, 0.25) is 11.8 Å². The molecule has 1 aliphatic heterocycles. The van der Waals surface area contributed by atoms with Crippen molar-refractivity contribution in [1.82, 2.24) is 21.2 Å². The van der Waals surface area contributed by atoms with Gasteiger partial charge >= 0.3 is 6.09 Å². The molecule has 208 valence electrons. The largest absolute Gasteiger partial charge is 0.444 e. The first-order valence-corrected chi connectivity index (χ1v) is 13.0. The van der Waals surface area contributed by atoms with Crippen LogP contribution in [0.5, 0.6) is 0 Å². The van der Waals surface area contributed by atoms with E-state index in [0.717, 1.165) is 11.1 Å². The number of carbonyl (C=O) groups excluding carboxylic acids is 4. The third-order valence-corrected chi connectivity index (χ3v) is 6.25. The highest BCUT2D eigenvalue weighted by molar-refractivity contribution is 6.05. The van der Waals surface area contributed by atoms with Crippen LogP contribution in [0.1, 0.15) is 49.2 Å². The van der Waals surface area contributed by atoms with E-state index < -0.39 is 29.6 Å². The summed E-state index contributed by atoms with van der Waals surface area (Å²) >= 11 is 0. The number of nitrogens with zero attached hydrogens (tertiary/aromatic N) is 2. The fourth-order valence-corrected chi connectivity index (χ4v) is 4.55. The first-order valence-electron chi connectivity index (χ1n) is 13.0. The highest BCUT2D eigenvalue weighted by atomic mass is 16.6. The van der Waals surface area contributed by atoms with Crippen molar-refractivity contribution in [1.29, 1.82) is 0 Å². The number of hydrogen-bond donors (Lipinski definition) is 3. The molecule has 1 atom stereocenters. The summed E-state index contributed by atoms with van der Waals surface area (Å²) in [5.74, 6) is -1.23. The predicted molar refractivity (Wildman–Crippen MR) is 150 cm³/mol. The van der Waals surface area contributed by atoms with E-state index in [2.05, 4.69) is 21.2 Å². The number of hydrazine groups is 1. The molecule has 10 nitrogen and oxygen atoms in total. The molecular formula is C30H33N5O5. The van der Waals surface area contributed by atoms with E-state index in [1.165, 1.54) is 6.92 Å². The molecule has 10 heteroatoms. The lowest BCUT2D eigenvalue weighted by atomic mass is 9.97. The molecule has 1 aliphatic rings. The summed E-state index contributed by atoms with van der Waals surface area (Å²) in [4.78, 5) is 57.0. The second-order valence-corrected chi connectivity index (χ2v) is 10.5. The highest BCUT2D eigenvalue weighted by Crippen LogP contribution is 2.36. The number of fused-ring (bicyclic) bond motifs is 1. The number of rotatable bonds is 6. The molecule has 1 unspecified atom stereocenters. The average molecular weight is 544 g/mol. The quantitative estimate of drug-likeness (QED) is 0.408. The minimum atomic E-state index is -0.913. The van der Waals surface area contributed by atoms with E-state index in [1.54, 1.807) is 56.3 Å². The number of benzene rings is 2. The van der Waals surface area contributed by atoms with Crippen molar-refractivity contribution in [3.05, 3.63) is 83.7 Å². The zero-order valence-corrected chi connectivity index (χ0v) is 23.0. The smallest absolute Gasteiger partial charge is 0.408 e. The van der Waals surface area contributed by atoms with E-state index in [9.17, 15) is 19.2 Å². The molecule has 0 aliphatic carbocycles. The topological polar surface area (TPSA) is 130 Å². The van der Waals surface area contributed by atoms with Gasteiger partial charge in [-0.3, -0.25) is 30.2 Å². The minimum absolute atomic E-state index is 0.255. The minimum Gasteiger partial charge on any atom is -0.444 e. The summed E-state index contributed by atoms with van der Waals surface area (Å²) in [6.45, 7) is 6.88. The fraction of sp³-hybridized carbons (Fsp3) is 0.300. The van der Waals surface area contributed by atoms with Gasteiger partial charge in [-0.15, -0.1) is 0 Å². The van der Waals surface area contributed by atoms with E-state index >= 15 is 0 Å². The van der Waals surface area contributed by atoms with Crippen LogP contribution in [-0.4, -0.2) is 47.0 Å². The van der Waals surface area contributed by atoms with Crippen LogP contribution >= 0.6 is 0 Å². The Kier molecular flexibility index (Phi) is 8.47. The Morgan fingerprint density at radius 1 is 0.975 bits per heavy atom. The molecule has 0 spiro atoms. The van der Waals surface area contributed by atoms with Crippen LogP contribution in [-0.2, 0) is 27.2 Å². The van der Waals surface area contributed by atoms with E-state index in [0.29, 0.717) is 35.3 Å². The van der Waals surface area contributed by atoms with Crippen molar-refractivity contribution in [2.24, 2.45) is 0 Å². The summed E-state index contributed by atoms with van der Waals surface area (Å²) in [6, 6.07) is 15.7. The summed E-state index contributed by atoms with van der Waals surface area (Å²) in [6.07, 6.45) is 3.27. The van der Waals surface area contributed by atoms with Gasteiger partial charge in [-0.1, -0.05) is 30.3 Å². The Hall–Kier alpha value is -4.73. The van der Waals surface area contributed by atoms with Crippen LogP contribution in [0, 0.1) is 0 Å². The molecule has 40 heavy (non-hydrogen) atoms. The Balaban J connectivity index is 1.72. The number of amides is 4. The highest BCUT2D eigenvalue weighted by Gasteiger charge is 2.35. The molecule has 0 saturated carbocycles. The fourth-order valence-electron chi connectivity index (χ4n) is 4.55. The van der Waals surface area contributed by atoms with Crippen LogP contribution in [0.3, 0.4) is 0 Å². The molecule has 0 saturated heterocycles. The van der Waals surface area contributed by atoms with Crippen LogP contribution in [0.2, 0.25) is 0 Å². The first-order chi connectivity index (χ1) is 19.0. The first kappa shape index (κ1) is 28.3. The molecule has 0 fully saturated rings. The predicted octanol–water partition coefficient (Wildman–Crippen LogP) is 3.55. The van der Waals surface area contributed by atoms with Gasteiger partial charge in [0, 0.05) is 43.5 Å². The maximum atomic E-state index is 14.0. The van der Waals surface area contributed by atoms with E-state index in [4.69, 9.17) is 4.74 Å². The number of pyridine rings is 1. The summed E-state index contributed by atoms with van der Waals surface area (Å²) in [7, 11) is 0. The summed E-state index contributed by atoms with van der Waals surface area (Å²) in [5, 5.41) is 2.76. The number of alkyl carbamates (subject to hydrolysis) is 1. The number of anilines is 1. The summed E-state index contributed by atoms with van der Waals surface area (Å²) < 4.78 is 5.45. The van der Waals surface area contributed by atoms with Gasteiger partial charge < -0.3 is 15.0 Å². The van der Waals surface area contributed by atoms with Crippen molar-refractivity contribution in [2.45, 2.75) is 52.2 Å². The maximum Gasteiger partial charge on any atom is 0.408 e. The zero-order valence-electron chi connectivity index (χ0n) is 23.0. The Morgan fingerprint density at radius 2 is 1.68 bits per heavy atom. The lowest BCUT2D eigenvalue weighted by Gasteiger charge is -2.27. The molecule has 3 aromatic rings. The maximum absolute atomic E-state index is 14.0. The zero-order chi connectivity index (χ0) is 28.9. The number of hydrogen-bond acceptors (Lipinski definition) is 6. The van der Waals surface area contributed by atoms with Gasteiger partial charge in [0.1, 0.15) is 11.6 Å². The van der Waals surface area contributed by atoms with Crippen molar-refractivity contribution in [3.63, 3.8) is 0 Å². The molecule has 0 bridgehead atoms. The van der Waals surface area contributed by atoms with Gasteiger partial charge in [0.15, 0.2) is 0 Å². The number of aromatic nitrogens is 1. The standard InChI is InChI=1S/C30H33N5O5/c1-19(36)33-34-27(37)24-17-22(21-10-13-31-14-11-21)18-26-23(24)12-15-35(26)28(38)25(16-20-8-6-5-7-9-20)32-29(39)40-30(2,3)4/h5-11,13-14,17-18,25H,12,15-16H2,1-4H3,(H,32,39)(H,33,36)(H,34,37). The summed E-state index contributed by atoms with van der Waals surface area (Å²) in [5.41, 5.74) is 7.97. The van der Waals surface area contributed by atoms with Gasteiger partial charge in [0.05, 0.1) is 0 Å². The molecule has 3 N–H and O–H groups in total. The van der Waals surface area contributed by atoms with E-state index in [-0.39, 0.29) is 12.3 Å². The third-order valence-electron chi connectivity index (χ3n) is 6.25. The molecule has 0 radical (unpaired) electrons. The molecule has 4 rings (SSSR count). The van der Waals surface area contributed by atoms with Crippen LogP contribution in [0.15, 0.2) is 67.0 Å². The average Bonchev–Trinajstić information content (AvgIpc) is 3.34. The van der Waals surface area contributed by atoms with Crippen LogP contribution in [0.25, 0.3) is 11.1 Å². The van der Waals surface area contributed by atoms with Crippen molar-refractivity contribution in [2.75, 3.05) is 11.4 Å². The Bertz CT molecular complexity index is 1400. The second kappa shape index (κ2) is 12.0. The van der Waals surface area contributed by atoms with Crippen molar-refractivity contribution in [3.8, 4) is 11.1 Å². The molecule has 2 heterocycles. The SMILES string of the molecule is CC(=O)NNC(=O)c1cc(-c2ccncc2)cc2c1CCN2C(=O)C(Cc1ccccc1)NC(=O)OC(C)(C)C. The van der Waals surface area contributed by atoms with Gasteiger partial charge in [-0.25, -0.2) is 4.79 Å². The van der Waals surface area contributed by atoms with Crippen LogP contribution in [0.4, 0.5) is 10.5 Å². The third kappa shape index (κ3) is 7.02. The van der Waals surface area contributed by atoms with Gasteiger partial charge in [-0.2, -0.15) is 0 Å². The monoisotopic (exact) mass is 543 g/mol. The number of ether oxygens (including phenoxy) is 1. The van der Waals surface area contributed by atoms with Gasteiger partial charge in [-0.05, 0) is 73.7 Å². The van der Waals surface area contributed by atoms with E-state index in [1.807, 2.05) is 36.4 Å². The van der Waals surface area contributed by atoms with Crippen LogP contribution < -0.4 is 21.1 Å². The Morgan fingerprint density at radius 3 is 2.33 bits per heavy atom. The number of nitrogens with one attached hydrogen (secondary N) is 3. The number of carbonyl (C=O) groups is 4. The lowest BCUT2D eigenvalue weighted by Crippen LogP contribution is -2.50. The lowest BCUT2D eigenvalue weighted by molar-refractivity contribution is -0.121. The van der Waals surface area contributed by atoms with Crippen molar-refractivity contribution < 1.29 is 23.9 Å². The van der Waals surface area contributed by atoms with Gasteiger partial charge in [0.25, 0.3) is 5.91 Å². The second-order valence-electron chi connectivity index (χ2n) is 10.5. The molecule has 2 aromatic carbocycles. The molecule has 1 aromatic heterocycles. The van der Waals surface area contributed by atoms with Crippen molar-refractivity contribution >= 4 is 29.5 Å². The Labute approximate surface area is 233 Å². The molecule has 4 amide bonds. The molecular weight excluding hydrogens is 510 g/mol. The normalized spacial score (nSPS) is 13.2.